The SMILES string of the molecule is Cc1ccc2nc(CSCc3ccc(F)cc3Cl)cc(=O)n2c1. The average molecular weight is 349 g/mol. The summed E-state index contributed by atoms with van der Waals surface area (Å²) in [6.45, 7) is 1.93. The molecule has 23 heavy (non-hydrogen) atoms. The Hall–Kier alpha value is -1.85. The highest BCUT2D eigenvalue weighted by Crippen LogP contribution is 2.23. The van der Waals surface area contributed by atoms with Crippen molar-refractivity contribution in [2.75, 3.05) is 0 Å². The Morgan fingerprint density at radius 3 is 2.83 bits per heavy atom. The molecule has 0 spiro atoms. The van der Waals surface area contributed by atoms with Crippen LogP contribution in [-0.2, 0) is 11.5 Å². The van der Waals surface area contributed by atoms with Crippen LogP contribution in [0.3, 0.4) is 0 Å². The van der Waals surface area contributed by atoms with Crippen molar-refractivity contribution in [3.63, 3.8) is 0 Å². The summed E-state index contributed by atoms with van der Waals surface area (Å²) in [6, 6.07) is 9.69. The van der Waals surface area contributed by atoms with Gasteiger partial charge < -0.3 is 0 Å². The lowest BCUT2D eigenvalue weighted by molar-refractivity contribution is 0.627. The van der Waals surface area contributed by atoms with Crippen LogP contribution < -0.4 is 5.56 Å². The molecular weight excluding hydrogens is 335 g/mol. The topological polar surface area (TPSA) is 34.4 Å². The normalized spacial score (nSPS) is 11.1. The predicted molar refractivity (Wildman–Crippen MR) is 92.6 cm³/mol. The molecule has 0 aliphatic heterocycles. The fourth-order valence-electron chi connectivity index (χ4n) is 2.24. The lowest BCUT2D eigenvalue weighted by Gasteiger charge is -2.06. The summed E-state index contributed by atoms with van der Waals surface area (Å²) < 4.78 is 14.6. The van der Waals surface area contributed by atoms with Crippen molar-refractivity contribution in [1.82, 2.24) is 9.38 Å². The molecule has 0 amide bonds. The number of aromatic nitrogens is 2. The van der Waals surface area contributed by atoms with E-state index in [2.05, 4.69) is 4.98 Å². The highest BCUT2D eigenvalue weighted by atomic mass is 35.5. The van der Waals surface area contributed by atoms with Crippen LogP contribution in [0.4, 0.5) is 4.39 Å². The first-order valence-electron chi connectivity index (χ1n) is 7.03. The summed E-state index contributed by atoms with van der Waals surface area (Å²) in [7, 11) is 0. The smallest absolute Gasteiger partial charge is 0.258 e. The molecule has 0 aliphatic rings. The molecule has 1 aromatic carbocycles. The van der Waals surface area contributed by atoms with Gasteiger partial charge in [-0.15, -0.1) is 0 Å². The summed E-state index contributed by atoms with van der Waals surface area (Å²) in [4.78, 5) is 16.6. The molecule has 3 aromatic rings. The number of benzene rings is 1. The number of pyridine rings is 1. The Morgan fingerprint density at radius 1 is 1.22 bits per heavy atom. The van der Waals surface area contributed by atoms with Gasteiger partial charge in [-0.2, -0.15) is 11.8 Å². The number of hydrogen-bond acceptors (Lipinski definition) is 3. The van der Waals surface area contributed by atoms with Gasteiger partial charge in [-0.3, -0.25) is 9.20 Å². The summed E-state index contributed by atoms with van der Waals surface area (Å²) in [5, 5.41) is 0.416. The molecule has 0 radical (unpaired) electrons. The van der Waals surface area contributed by atoms with Crippen LogP contribution in [0.1, 0.15) is 16.8 Å². The maximum Gasteiger partial charge on any atom is 0.258 e. The van der Waals surface area contributed by atoms with Crippen molar-refractivity contribution in [3.8, 4) is 0 Å². The number of thioether (sulfide) groups is 1. The van der Waals surface area contributed by atoms with Crippen LogP contribution in [0.5, 0.6) is 0 Å². The van der Waals surface area contributed by atoms with Gasteiger partial charge in [0.2, 0.25) is 0 Å². The van der Waals surface area contributed by atoms with Crippen LogP contribution in [-0.4, -0.2) is 9.38 Å². The van der Waals surface area contributed by atoms with E-state index in [0.717, 1.165) is 16.8 Å². The van der Waals surface area contributed by atoms with Crippen molar-refractivity contribution < 1.29 is 4.39 Å². The monoisotopic (exact) mass is 348 g/mol. The zero-order chi connectivity index (χ0) is 16.4. The number of rotatable bonds is 4. The quantitative estimate of drug-likeness (QED) is 0.707. The Morgan fingerprint density at radius 2 is 2.04 bits per heavy atom. The Kier molecular flexibility index (Phi) is 4.68. The van der Waals surface area contributed by atoms with Gasteiger partial charge in [-0.05, 0) is 36.2 Å². The zero-order valence-electron chi connectivity index (χ0n) is 12.4. The standard InChI is InChI=1S/C17H14ClFN2OS/c1-11-2-5-16-20-14(7-17(22)21(16)8-11)10-23-9-12-3-4-13(19)6-15(12)18/h2-8H,9-10H2,1H3. The van der Waals surface area contributed by atoms with Gasteiger partial charge in [0.05, 0.1) is 5.69 Å². The molecule has 6 heteroatoms. The third-order valence-corrected chi connectivity index (χ3v) is 4.75. The minimum Gasteiger partial charge on any atom is -0.269 e. The molecule has 0 unspecified atom stereocenters. The molecule has 2 heterocycles. The van der Waals surface area contributed by atoms with E-state index in [1.165, 1.54) is 12.1 Å². The molecule has 0 atom stereocenters. The van der Waals surface area contributed by atoms with E-state index in [4.69, 9.17) is 11.6 Å². The van der Waals surface area contributed by atoms with E-state index in [1.807, 2.05) is 19.1 Å². The molecule has 0 saturated heterocycles. The maximum absolute atomic E-state index is 13.0. The van der Waals surface area contributed by atoms with Gasteiger partial charge in [0.15, 0.2) is 0 Å². The Labute approximate surface area is 142 Å². The molecule has 0 N–H and O–H groups in total. The van der Waals surface area contributed by atoms with E-state index < -0.39 is 0 Å². The molecule has 0 aliphatic carbocycles. The molecule has 0 saturated carbocycles. The van der Waals surface area contributed by atoms with E-state index in [0.29, 0.717) is 22.2 Å². The molecule has 3 rings (SSSR count). The second-order valence-electron chi connectivity index (χ2n) is 5.25. The molecule has 0 bridgehead atoms. The summed E-state index contributed by atoms with van der Waals surface area (Å²) in [5.74, 6) is 0.879. The van der Waals surface area contributed by atoms with Crippen molar-refractivity contribution in [2.45, 2.75) is 18.4 Å². The Bertz CT molecular complexity index is 926. The largest absolute Gasteiger partial charge is 0.269 e. The van der Waals surface area contributed by atoms with Crippen molar-refractivity contribution in [2.24, 2.45) is 0 Å². The molecule has 2 aromatic heterocycles. The lowest BCUT2D eigenvalue weighted by atomic mass is 10.2. The minimum atomic E-state index is -0.344. The number of aryl methyl sites for hydroxylation is 1. The van der Waals surface area contributed by atoms with E-state index in [1.54, 1.807) is 34.5 Å². The van der Waals surface area contributed by atoms with Gasteiger partial charge in [0.1, 0.15) is 11.5 Å². The van der Waals surface area contributed by atoms with Crippen molar-refractivity contribution in [1.29, 1.82) is 0 Å². The first-order chi connectivity index (χ1) is 11.0. The fraction of sp³-hybridized carbons (Fsp3) is 0.176. The van der Waals surface area contributed by atoms with E-state index >= 15 is 0 Å². The molecular formula is C17H14ClFN2OS. The molecule has 0 fully saturated rings. The number of hydrogen-bond donors (Lipinski definition) is 0. The second kappa shape index (κ2) is 6.72. The number of halogens is 2. The average Bonchev–Trinajstić information content (AvgIpc) is 2.50. The minimum absolute atomic E-state index is 0.0888. The van der Waals surface area contributed by atoms with Gasteiger partial charge in [-0.25, -0.2) is 9.37 Å². The number of nitrogens with zero attached hydrogens (tertiary/aromatic N) is 2. The number of fused-ring (bicyclic) bond motifs is 1. The van der Waals surface area contributed by atoms with Gasteiger partial charge >= 0.3 is 0 Å². The van der Waals surface area contributed by atoms with Crippen molar-refractivity contribution >= 4 is 29.0 Å². The highest BCUT2D eigenvalue weighted by molar-refractivity contribution is 7.97. The maximum atomic E-state index is 13.0. The first-order valence-corrected chi connectivity index (χ1v) is 8.57. The third-order valence-electron chi connectivity index (χ3n) is 3.38. The van der Waals surface area contributed by atoms with Crippen molar-refractivity contribution in [3.05, 3.63) is 80.6 Å². The molecule has 118 valence electrons. The van der Waals surface area contributed by atoms with Crippen LogP contribution >= 0.6 is 23.4 Å². The lowest BCUT2D eigenvalue weighted by Crippen LogP contribution is -2.15. The van der Waals surface area contributed by atoms with Gasteiger partial charge in [-0.1, -0.05) is 23.7 Å². The fourth-order valence-corrected chi connectivity index (χ4v) is 3.48. The summed E-state index contributed by atoms with van der Waals surface area (Å²) in [6.07, 6.45) is 1.78. The summed E-state index contributed by atoms with van der Waals surface area (Å²) in [5.41, 5.74) is 3.15. The summed E-state index contributed by atoms with van der Waals surface area (Å²) >= 11 is 7.59. The third kappa shape index (κ3) is 3.74. The van der Waals surface area contributed by atoms with Crippen LogP contribution in [0.2, 0.25) is 5.02 Å². The second-order valence-corrected chi connectivity index (χ2v) is 6.64. The van der Waals surface area contributed by atoms with Crippen LogP contribution in [0.25, 0.3) is 5.65 Å². The van der Waals surface area contributed by atoms with E-state index in [9.17, 15) is 9.18 Å². The van der Waals surface area contributed by atoms with Gasteiger partial charge in [0.25, 0.3) is 5.56 Å². The zero-order valence-corrected chi connectivity index (χ0v) is 14.0. The Balaban J connectivity index is 1.74. The van der Waals surface area contributed by atoms with E-state index in [-0.39, 0.29) is 11.4 Å². The first kappa shape index (κ1) is 16.0. The van der Waals surface area contributed by atoms with Crippen LogP contribution in [0.15, 0.2) is 47.4 Å². The molecule has 3 nitrogen and oxygen atoms in total. The highest BCUT2D eigenvalue weighted by Gasteiger charge is 2.05. The predicted octanol–water partition coefficient (Wildman–Crippen LogP) is 4.23. The van der Waals surface area contributed by atoms with Gasteiger partial charge in [0, 0.05) is 28.8 Å². The van der Waals surface area contributed by atoms with Crippen LogP contribution in [0, 0.1) is 12.7 Å².